The van der Waals surface area contributed by atoms with Gasteiger partial charge in [-0.15, -0.1) is 0 Å². The number of nitrogens with zero attached hydrogens (tertiary/aromatic N) is 3. The fraction of sp³-hybridized carbons (Fsp3) is 0.452. The zero-order valence-electron chi connectivity index (χ0n) is 25.1. The van der Waals surface area contributed by atoms with Crippen LogP contribution in [0.3, 0.4) is 0 Å². The maximum Gasteiger partial charge on any atom is 0.419 e. The summed E-state index contributed by atoms with van der Waals surface area (Å²) in [6, 6.07) is 6.76. The van der Waals surface area contributed by atoms with E-state index in [1.165, 1.54) is 10.8 Å². The van der Waals surface area contributed by atoms with Gasteiger partial charge in [0.2, 0.25) is 0 Å². The number of hydrogen-bond acceptors (Lipinski definition) is 9. The fourth-order valence-electron chi connectivity index (χ4n) is 4.57. The second-order valence-electron chi connectivity index (χ2n) is 12.2. The number of aliphatic hydroxyl groups is 1. The van der Waals surface area contributed by atoms with Crippen LogP contribution in [0.15, 0.2) is 48.9 Å². The Balaban J connectivity index is 0.000000215. The Hall–Kier alpha value is -3.36. The fourth-order valence-corrected chi connectivity index (χ4v) is 5.38. The SMILES string of the molecule is CC(C)(C)OC(=O)C1C=C(I)c2ncccc21.CC(C)(C)OC(=O)n1cc(C(=O)NC2CCOC[C@@H]2O)c2ncccc21. The van der Waals surface area contributed by atoms with Crippen molar-refractivity contribution >= 4 is 55.2 Å². The van der Waals surface area contributed by atoms with Crippen LogP contribution in [-0.4, -0.2) is 74.2 Å². The van der Waals surface area contributed by atoms with Crippen molar-refractivity contribution in [3.05, 3.63) is 65.8 Å². The first-order valence-electron chi connectivity index (χ1n) is 14.0. The van der Waals surface area contributed by atoms with E-state index in [1.54, 1.807) is 45.3 Å². The largest absolute Gasteiger partial charge is 0.459 e. The molecule has 1 aliphatic heterocycles. The third-order valence-electron chi connectivity index (χ3n) is 6.41. The van der Waals surface area contributed by atoms with Gasteiger partial charge in [0.25, 0.3) is 5.91 Å². The summed E-state index contributed by atoms with van der Waals surface area (Å²) in [5, 5.41) is 12.8. The average molecular weight is 705 g/mol. The summed E-state index contributed by atoms with van der Waals surface area (Å²) in [7, 11) is 0. The molecule has 1 amide bonds. The third-order valence-corrected chi connectivity index (χ3v) is 7.28. The molecule has 2 unspecified atom stereocenters. The van der Waals surface area contributed by atoms with Crippen LogP contribution in [0.5, 0.6) is 0 Å². The minimum atomic E-state index is -0.764. The minimum absolute atomic E-state index is 0.183. The monoisotopic (exact) mass is 704 g/mol. The predicted molar refractivity (Wildman–Crippen MR) is 169 cm³/mol. The Morgan fingerprint density at radius 1 is 1.05 bits per heavy atom. The van der Waals surface area contributed by atoms with Gasteiger partial charge in [-0.2, -0.15) is 0 Å². The molecule has 2 aliphatic rings. The second-order valence-corrected chi connectivity index (χ2v) is 13.4. The van der Waals surface area contributed by atoms with Crippen LogP contribution < -0.4 is 5.32 Å². The maximum atomic E-state index is 12.7. The van der Waals surface area contributed by atoms with Crippen molar-refractivity contribution in [2.45, 2.75) is 77.2 Å². The van der Waals surface area contributed by atoms with Crippen LogP contribution in [0.25, 0.3) is 14.6 Å². The Morgan fingerprint density at radius 2 is 1.72 bits per heavy atom. The van der Waals surface area contributed by atoms with Crippen molar-refractivity contribution in [3.8, 4) is 0 Å². The van der Waals surface area contributed by atoms with Crippen LogP contribution in [-0.2, 0) is 19.0 Å². The number of aromatic nitrogens is 3. The molecule has 11 nitrogen and oxygen atoms in total. The number of aliphatic hydroxyl groups excluding tert-OH is 1. The van der Waals surface area contributed by atoms with Gasteiger partial charge in [-0.1, -0.05) is 12.1 Å². The molecule has 0 saturated carbocycles. The van der Waals surface area contributed by atoms with Gasteiger partial charge in [0.05, 0.1) is 35.5 Å². The van der Waals surface area contributed by atoms with E-state index in [2.05, 4.69) is 37.9 Å². The smallest absolute Gasteiger partial charge is 0.419 e. The van der Waals surface area contributed by atoms with Gasteiger partial charge < -0.3 is 24.6 Å². The maximum absolute atomic E-state index is 12.7. The van der Waals surface area contributed by atoms with E-state index in [-0.39, 0.29) is 24.1 Å². The molecule has 3 atom stereocenters. The summed E-state index contributed by atoms with van der Waals surface area (Å²) in [5.41, 5.74) is 1.85. The first kappa shape index (κ1) is 32.6. The lowest BCUT2D eigenvalue weighted by atomic mass is 10.0. The number of amides is 1. The number of carbonyl (C=O) groups is 3. The Bertz CT molecular complexity index is 1540. The number of rotatable bonds is 3. The van der Waals surface area contributed by atoms with Gasteiger partial charge in [-0.3, -0.25) is 24.1 Å². The number of ether oxygens (including phenoxy) is 3. The molecule has 43 heavy (non-hydrogen) atoms. The van der Waals surface area contributed by atoms with Crippen LogP contribution in [0, 0.1) is 0 Å². The lowest BCUT2D eigenvalue weighted by Crippen LogP contribution is -2.48. The first-order chi connectivity index (χ1) is 20.1. The van der Waals surface area contributed by atoms with E-state index in [4.69, 9.17) is 14.2 Å². The predicted octanol–water partition coefficient (Wildman–Crippen LogP) is 5.00. The highest BCUT2D eigenvalue weighted by molar-refractivity contribution is 14.1. The van der Waals surface area contributed by atoms with Crippen LogP contribution >= 0.6 is 22.6 Å². The van der Waals surface area contributed by atoms with Crippen molar-refractivity contribution < 1.29 is 33.7 Å². The van der Waals surface area contributed by atoms with Crippen molar-refractivity contribution in [1.29, 1.82) is 0 Å². The standard InChI is InChI=1S/C18H23N3O5.C13H14INO2/c1-18(2,3)26-17(24)21-9-11(15-13(21)5-4-7-19-15)16(23)20-12-6-8-25-10-14(12)22;1-13(2,3)17-12(16)9-7-10(14)11-8(9)5-4-6-15-11/h4-5,7,9,12,14,22H,6,8,10H2,1-3H3,(H,20,23);4-7,9H,1-3H3/t12?,14-;/m0./s1. The summed E-state index contributed by atoms with van der Waals surface area (Å²) in [4.78, 5) is 45.8. The molecule has 0 bridgehead atoms. The molecule has 1 aliphatic carbocycles. The summed E-state index contributed by atoms with van der Waals surface area (Å²) >= 11 is 2.20. The minimum Gasteiger partial charge on any atom is -0.459 e. The molecule has 0 spiro atoms. The summed E-state index contributed by atoms with van der Waals surface area (Å²) in [6.45, 7) is 11.6. The van der Waals surface area contributed by atoms with Crippen LogP contribution in [0.1, 0.15) is 75.5 Å². The number of nitrogens with one attached hydrogen (secondary N) is 1. The number of fused-ring (bicyclic) bond motifs is 2. The Labute approximate surface area is 264 Å². The molecule has 1 saturated heterocycles. The van der Waals surface area contributed by atoms with E-state index in [0.717, 1.165) is 14.8 Å². The quantitative estimate of drug-likeness (QED) is 0.285. The zero-order chi connectivity index (χ0) is 31.5. The van der Waals surface area contributed by atoms with E-state index in [9.17, 15) is 19.5 Å². The molecule has 2 N–H and O–H groups in total. The lowest BCUT2D eigenvalue weighted by molar-refractivity contribution is -0.155. The highest BCUT2D eigenvalue weighted by Crippen LogP contribution is 2.39. The summed E-state index contributed by atoms with van der Waals surface area (Å²) in [5.74, 6) is -0.926. The van der Waals surface area contributed by atoms with Crippen molar-refractivity contribution in [1.82, 2.24) is 19.9 Å². The van der Waals surface area contributed by atoms with Crippen molar-refractivity contribution in [2.75, 3.05) is 13.2 Å². The highest BCUT2D eigenvalue weighted by Gasteiger charge is 2.32. The molecule has 0 radical (unpaired) electrons. The summed E-state index contributed by atoms with van der Waals surface area (Å²) < 4.78 is 18.3. The van der Waals surface area contributed by atoms with Gasteiger partial charge in [-0.05, 0) is 94.3 Å². The van der Waals surface area contributed by atoms with Gasteiger partial charge in [-0.25, -0.2) is 4.79 Å². The van der Waals surface area contributed by atoms with Gasteiger partial charge in [0.15, 0.2) is 0 Å². The summed E-state index contributed by atoms with van der Waals surface area (Å²) in [6.07, 6.45) is 5.80. The Morgan fingerprint density at radius 3 is 2.40 bits per heavy atom. The van der Waals surface area contributed by atoms with Crippen molar-refractivity contribution in [3.63, 3.8) is 0 Å². The number of carbonyl (C=O) groups excluding carboxylic acids is 3. The molecule has 0 aromatic carbocycles. The van der Waals surface area contributed by atoms with E-state index >= 15 is 0 Å². The number of hydrogen-bond donors (Lipinski definition) is 2. The first-order valence-corrected chi connectivity index (χ1v) is 15.0. The Kier molecular flexibility index (Phi) is 9.92. The highest BCUT2D eigenvalue weighted by atomic mass is 127. The van der Waals surface area contributed by atoms with Gasteiger partial charge in [0.1, 0.15) is 22.6 Å². The van der Waals surface area contributed by atoms with Gasteiger partial charge >= 0.3 is 12.1 Å². The number of pyridine rings is 2. The molecule has 5 rings (SSSR count). The molecule has 12 heteroatoms. The molecule has 1 fully saturated rings. The molecule has 3 aromatic heterocycles. The van der Waals surface area contributed by atoms with Crippen LogP contribution in [0.4, 0.5) is 4.79 Å². The van der Waals surface area contributed by atoms with Gasteiger partial charge in [0, 0.05) is 28.8 Å². The van der Waals surface area contributed by atoms with Crippen LogP contribution in [0.2, 0.25) is 0 Å². The van der Waals surface area contributed by atoms with E-state index in [0.29, 0.717) is 24.1 Å². The third kappa shape index (κ3) is 8.18. The lowest BCUT2D eigenvalue weighted by Gasteiger charge is -2.28. The average Bonchev–Trinajstić information content (AvgIpc) is 3.47. The molecular formula is C31H37IN4O7. The zero-order valence-corrected chi connectivity index (χ0v) is 27.2. The second kappa shape index (κ2) is 13.1. The normalized spacial score (nSPS) is 19.9. The number of esters is 1. The van der Waals surface area contributed by atoms with E-state index in [1.807, 2.05) is 39.0 Å². The molecule has 3 aromatic rings. The topological polar surface area (TPSA) is 142 Å². The molecule has 4 heterocycles. The molecule has 230 valence electrons. The van der Waals surface area contributed by atoms with Crippen molar-refractivity contribution in [2.24, 2.45) is 0 Å². The number of halogens is 1. The molecular weight excluding hydrogens is 667 g/mol. The van der Waals surface area contributed by atoms with E-state index < -0.39 is 35.3 Å².